The molecule has 106 valence electrons. The fourth-order valence-corrected chi connectivity index (χ4v) is 1.74. The third-order valence-electron chi connectivity index (χ3n) is 2.87. The first-order valence-corrected chi connectivity index (χ1v) is 6.81. The highest BCUT2D eigenvalue weighted by atomic mass is 16.2. The molecule has 4 heteroatoms. The van der Waals surface area contributed by atoms with E-state index in [0.29, 0.717) is 5.92 Å². The van der Waals surface area contributed by atoms with Crippen LogP contribution in [0.1, 0.15) is 54.4 Å². The van der Waals surface area contributed by atoms with E-state index in [1.807, 2.05) is 20.8 Å². The second-order valence-electron chi connectivity index (χ2n) is 5.80. The van der Waals surface area contributed by atoms with Gasteiger partial charge >= 0.3 is 0 Å². The van der Waals surface area contributed by atoms with Crippen molar-refractivity contribution in [1.82, 2.24) is 10.6 Å². The molecule has 4 nitrogen and oxygen atoms in total. The van der Waals surface area contributed by atoms with Crippen LogP contribution in [0.3, 0.4) is 0 Å². The van der Waals surface area contributed by atoms with E-state index in [4.69, 9.17) is 0 Å². The summed E-state index contributed by atoms with van der Waals surface area (Å²) in [4.78, 5) is 23.1. The van der Waals surface area contributed by atoms with Crippen LogP contribution in [0.4, 0.5) is 0 Å². The highest BCUT2D eigenvalue weighted by molar-refractivity contribution is 5.87. The molecule has 0 saturated carbocycles. The summed E-state index contributed by atoms with van der Waals surface area (Å²) in [6.07, 6.45) is 2.06. The van der Waals surface area contributed by atoms with E-state index in [-0.39, 0.29) is 23.8 Å². The molecule has 2 atom stereocenters. The summed E-state index contributed by atoms with van der Waals surface area (Å²) in [6.45, 7) is 11.6. The Morgan fingerprint density at radius 3 is 1.89 bits per heavy atom. The van der Waals surface area contributed by atoms with E-state index < -0.39 is 6.04 Å². The molecule has 0 bridgehead atoms. The molecule has 0 aliphatic carbocycles. The summed E-state index contributed by atoms with van der Waals surface area (Å²) in [6, 6.07) is -0.293. The van der Waals surface area contributed by atoms with E-state index in [1.165, 1.54) is 6.92 Å². The van der Waals surface area contributed by atoms with E-state index in [2.05, 4.69) is 24.5 Å². The highest BCUT2D eigenvalue weighted by Crippen LogP contribution is 2.08. The normalized spacial score (nSPS) is 14.4. The van der Waals surface area contributed by atoms with Crippen LogP contribution < -0.4 is 10.6 Å². The molecule has 0 aromatic carbocycles. The maximum Gasteiger partial charge on any atom is 0.243 e. The molecule has 2 N–H and O–H groups in total. The number of rotatable bonds is 7. The predicted molar refractivity (Wildman–Crippen MR) is 74.1 cm³/mol. The first-order chi connectivity index (χ1) is 8.23. The molecule has 0 aromatic heterocycles. The molecule has 18 heavy (non-hydrogen) atoms. The Hall–Kier alpha value is -1.06. The molecule has 0 aromatic rings. The Kier molecular flexibility index (Phi) is 7.64. The third-order valence-corrected chi connectivity index (χ3v) is 2.87. The molecule has 0 spiro atoms. The minimum Gasteiger partial charge on any atom is -0.352 e. The first-order valence-electron chi connectivity index (χ1n) is 6.81. The van der Waals surface area contributed by atoms with E-state index in [1.54, 1.807) is 0 Å². The van der Waals surface area contributed by atoms with E-state index in [9.17, 15) is 9.59 Å². The molecule has 0 saturated heterocycles. The second kappa shape index (κ2) is 8.11. The lowest BCUT2D eigenvalue weighted by molar-refractivity contribution is -0.129. The van der Waals surface area contributed by atoms with Gasteiger partial charge in [0.2, 0.25) is 11.8 Å². The summed E-state index contributed by atoms with van der Waals surface area (Å²) in [5.74, 6) is 0.474. The lowest BCUT2D eigenvalue weighted by atomic mass is 10.0. The van der Waals surface area contributed by atoms with Crippen molar-refractivity contribution in [3.63, 3.8) is 0 Å². The largest absolute Gasteiger partial charge is 0.352 e. The van der Waals surface area contributed by atoms with E-state index >= 15 is 0 Å². The number of carbonyl (C=O) groups excluding carboxylic acids is 2. The molecular formula is C14H28N2O2. The molecule has 0 rings (SSSR count). The summed E-state index contributed by atoms with van der Waals surface area (Å²) < 4.78 is 0. The average Bonchev–Trinajstić information content (AvgIpc) is 2.22. The zero-order valence-corrected chi connectivity index (χ0v) is 12.5. The minimum absolute atomic E-state index is 0.0866. The maximum atomic E-state index is 12.0. The smallest absolute Gasteiger partial charge is 0.243 e. The van der Waals surface area contributed by atoms with Gasteiger partial charge in [0.05, 0.1) is 0 Å². The second-order valence-corrected chi connectivity index (χ2v) is 5.80. The van der Waals surface area contributed by atoms with Crippen molar-refractivity contribution >= 4 is 11.8 Å². The van der Waals surface area contributed by atoms with Crippen molar-refractivity contribution in [1.29, 1.82) is 0 Å². The SMILES string of the molecule is CC(=O)NC(C(=O)NC(C)CCC(C)C)C(C)C. The van der Waals surface area contributed by atoms with Crippen LogP contribution in [0, 0.1) is 11.8 Å². The monoisotopic (exact) mass is 256 g/mol. The number of carbonyl (C=O) groups is 2. The Balaban J connectivity index is 4.28. The first kappa shape index (κ1) is 16.9. The summed E-state index contributed by atoms with van der Waals surface area (Å²) in [5, 5.41) is 5.67. The molecule has 0 aliphatic heterocycles. The van der Waals surface area contributed by atoms with Gasteiger partial charge in [0.25, 0.3) is 0 Å². The van der Waals surface area contributed by atoms with Crippen LogP contribution in [-0.2, 0) is 9.59 Å². The summed E-state index contributed by atoms with van der Waals surface area (Å²) >= 11 is 0. The lowest BCUT2D eigenvalue weighted by Gasteiger charge is -2.23. The summed E-state index contributed by atoms with van der Waals surface area (Å²) in [5.41, 5.74) is 0. The number of hydrogen-bond donors (Lipinski definition) is 2. The Bertz CT molecular complexity index is 275. The molecule has 0 heterocycles. The minimum atomic E-state index is -0.441. The Morgan fingerprint density at radius 2 is 1.50 bits per heavy atom. The lowest BCUT2D eigenvalue weighted by Crippen LogP contribution is -2.51. The molecule has 2 unspecified atom stereocenters. The molecule has 0 aliphatic rings. The number of amides is 2. The van der Waals surface area contributed by atoms with Crippen molar-refractivity contribution in [2.24, 2.45) is 11.8 Å². The predicted octanol–water partition coefficient (Wildman–Crippen LogP) is 2.09. The van der Waals surface area contributed by atoms with Crippen LogP contribution in [0.25, 0.3) is 0 Å². The van der Waals surface area contributed by atoms with Gasteiger partial charge in [-0.15, -0.1) is 0 Å². The maximum absolute atomic E-state index is 12.0. The highest BCUT2D eigenvalue weighted by Gasteiger charge is 2.23. The fraction of sp³-hybridized carbons (Fsp3) is 0.857. The number of nitrogens with one attached hydrogen (secondary N) is 2. The van der Waals surface area contributed by atoms with Gasteiger partial charge in [0, 0.05) is 13.0 Å². The fourth-order valence-electron chi connectivity index (χ4n) is 1.74. The van der Waals surface area contributed by atoms with Crippen molar-refractivity contribution in [3.05, 3.63) is 0 Å². The zero-order valence-electron chi connectivity index (χ0n) is 12.5. The molecular weight excluding hydrogens is 228 g/mol. The van der Waals surface area contributed by atoms with Crippen LogP contribution in [0.2, 0.25) is 0 Å². The van der Waals surface area contributed by atoms with Gasteiger partial charge in [-0.2, -0.15) is 0 Å². The van der Waals surface area contributed by atoms with Crippen LogP contribution in [0.5, 0.6) is 0 Å². The number of hydrogen-bond acceptors (Lipinski definition) is 2. The van der Waals surface area contributed by atoms with Gasteiger partial charge in [-0.25, -0.2) is 0 Å². The molecule has 2 amide bonds. The van der Waals surface area contributed by atoms with Gasteiger partial charge in [-0.1, -0.05) is 27.7 Å². The van der Waals surface area contributed by atoms with Crippen molar-refractivity contribution in [3.8, 4) is 0 Å². The third kappa shape index (κ3) is 7.30. The Labute approximate surface area is 111 Å². The van der Waals surface area contributed by atoms with Crippen molar-refractivity contribution in [2.75, 3.05) is 0 Å². The van der Waals surface area contributed by atoms with Gasteiger partial charge in [0.15, 0.2) is 0 Å². The van der Waals surface area contributed by atoms with Crippen LogP contribution >= 0.6 is 0 Å². The average molecular weight is 256 g/mol. The van der Waals surface area contributed by atoms with Gasteiger partial charge in [0.1, 0.15) is 6.04 Å². The quantitative estimate of drug-likeness (QED) is 0.733. The zero-order chi connectivity index (χ0) is 14.3. The Morgan fingerprint density at radius 1 is 0.944 bits per heavy atom. The van der Waals surface area contributed by atoms with E-state index in [0.717, 1.165) is 12.8 Å². The van der Waals surface area contributed by atoms with Crippen LogP contribution in [0.15, 0.2) is 0 Å². The van der Waals surface area contributed by atoms with Crippen molar-refractivity contribution in [2.45, 2.75) is 66.5 Å². The summed E-state index contributed by atoms with van der Waals surface area (Å²) in [7, 11) is 0. The van der Waals surface area contributed by atoms with Crippen molar-refractivity contribution < 1.29 is 9.59 Å². The standard InChI is InChI=1S/C14H28N2O2/c1-9(2)7-8-11(5)15-14(18)13(10(3)4)16-12(6)17/h9-11,13H,7-8H2,1-6H3,(H,15,18)(H,16,17). The van der Waals surface area contributed by atoms with Gasteiger partial charge in [-0.3, -0.25) is 9.59 Å². The topological polar surface area (TPSA) is 58.2 Å². The molecule has 0 fully saturated rings. The van der Waals surface area contributed by atoms with Gasteiger partial charge in [-0.05, 0) is 31.6 Å². The van der Waals surface area contributed by atoms with Crippen LogP contribution in [-0.4, -0.2) is 23.9 Å². The van der Waals surface area contributed by atoms with Gasteiger partial charge < -0.3 is 10.6 Å². The molecule has 0 radical (unpaired) electrons.